The van der Waals surface area contributed by atoms with E-state index in [0.29, 0.717) is 0 Å². The molecule has 122 valence electrons. The number of hydrogen-bond donors (Lipinski definition) is 2. The van der Waals surface area contributed by atoms with Crippen molar-refractivity contribution in [1.82, 2.24) is 24.7 Å². The summed E-state index contributed by atoms with van der Waals surface area (Å²) >= 11 is 0. The van der Waals surface area contributed by atoms with Crippen molar-refractivity contribution in [3.05, 3.63) is 58.8 Å². The zero-order valence-electron chi connectivity index (χ0n) is 12.7. The van der Waals surface area contributed by atoms with Crippen LogP contribution in [0.15, 0.2) is 43.1 Å². The number of nitrogens with two attached hydrogens (primary N) is 1. The first-order chi connectivity index (χ1) is 11.5. The lowest BCUT2D eigenvalue weighted by atomic mass is 10.1. The Morgan fingerprint density at radius 3 is 2.92 bits per heavy atom. The summed E-state index contributed by atoms with van der Waals surface area (Å²) in [6.45, 7) is 1.92. The summed E-state index contributed by atoms with van der Waals surface area (Å²) in [7, 11) is 0. The van der Waals surface area contributed by atoms with Gasteiger partial charge < -0.3 is 11.1 Å². The Bertz CT molecular complexity index is 865. The molecule has 1 atom stereocenters. The molecule has 0 aliphatic heterocycles. The second kappa shape index (κ2) is 6.28. The summed E-state index contributed by atoms with van der Waals surface area (Å²) in [6, 6.07) is 7.55. The lowest BCUT2D eigenvalue weighted by Gasteiger charge is -2.15. The van der Waals surface area contributed by atoms with Crippen molar-refractivity contribution in [3.8, 4) is 5.69 Å². The molecule has 2 aromatic heterocycles. The van der Waals surface area contributed by atoms with Crippen LogP contribution in [-0.2, 0) is 0 Å². The zero-order valence-corrected chi connectivity index (χ0v) is 12.7. The summed E-state index contributed by atoms with van der Waals surface area (Å²) in [5.74, 6) is 0.0397. The van der Waals surface area contributed by atoms with E-state index in [9.17, 15) is 10.1 Å². The zero-order chi connectivity index (χ0) is 17.1. The van der Waals surface area contributed by atoms with Crippen LogP contribution in [0.3, 0.4) is 0 Å². The normalized spacial score (nSPS) is 11.9. The summed E-state index contributed by atoms with van der Waals surface area (Å²) in [5, 5.41) is 17.9. The van der Waals surface area contributed by atoms with E-state index in [-0.39, 0.29) is 23.5 Å². The Labute approximate surface area is 136 Å². The summed E-state index contributed by atoms with van der Waals surface area (Å²) < 4.78 is 1.65. The smallest absolute Gasteiger partial charge is 0.329 e. The highest BCUT2D eigenvalue weighted by molar-refractivity contribution is 5.53. The molecule has 2 heterocycles. The van der Waals surface area contributed by atoms with Gasteiger partial charge in [-0.15, -0.1) is 0 Å². The third kappa shape index (κ3) is 3.11. The fraction of sp³-hybridized carbons (Fsp3) is 0.143. The maximum Gasteiger partial charge on any atom is 0.329 e. The van der Waals surface area contributed by atoms with Gasteiger partial charge in [-0.1, -0.05) is 12.1 Å². The number of benzene rings is 1. The van der Waals surface area contributed by atoms with Crippen LogP contribution < -0.4 is 11.1 Å². The molecular formula is C14H14N8O2. The van der Waals surface area contributed by atoms with Crippen molar-refractivity contribution < 1.29 is 4.92 Å². The maximum atomic E-state index is 10.7. The van der Waals surface area contributed by atoms with Gasteiger partial charge in [-0.05, 0) is 24.6 Å². The van der Waals surface area contributed by atoms with Crippen LogP contribution >= 0.6 is 0 Å². The summed E-state index contributed by atoms with van der Waals surface area (Å²) in [5.41, 5.74) is 7.08. The van der Waals surface area contributed by atoms with Gasteiger partial charge in [0, 0.05) is 0 Å². The number of anilines is 2. The van der Waals surface area contributed by atoms with E-state index in [4.69, 9.17) is 5.73 Å². The molecular weight excluding hydrogens is 312 g/mol. The largest absolute Gasteiger partial charge is 0.378 e. The Kier molecular flexibility index (Phi) is 4.01. The van der Waals surface area contributed by atoms with Gasteiger partial charge in [-0.3, -0.25) is 10.1 Å². The molecule has 0 unspecified atom stereocenters. The molecule has 0 radical (unpaired) electrons. The van der Waals surface area contributed by atoms with Crippen molar-refractivity contribution in [2.75, 3.05) is 11.1 Å². The molecule has 24 heavy (non-hydrogen) atoms. The van der Waals surface area contributed by atoms with Crippen LogP contribution in [0.4, 0.5) is 17.5 Å². The van der Waals surface area contributed by atoms with Crippen LogP contribution in [0.1, 0.15) is 18.5 Å². The van der Waals surface area contributed by atoms with Gasteiger partial charge >= 0.3 is 5.69 Å². The highest BCUT2D eigenvalue weighted by Crippen LogP contribution is 2.22. The number of nitrogens with zero attached hydrogens (tertiary/aromatic N) is 6. The molecule has 0 bridgehead atoms. The van der Waals surface area contributed by atoms with Gasteiger partial charge in [0.1, 0.15) is 18.9 Å². The van der Waals surface area contributed by atoms with E-state index in [1.54, 1.807) is 11.0 Å². The quantitative estimate of drug-likeness (QED) is 0.534. The average molecular weight is 326 g/mol. The van der Waals surface area contributed by atoms with Gasteiger partial charge in [-0.25, -0.2) is 14.6 Å². The minimum absolute atomic E-state index is 0.144. The Morgan fingerprint density at radius 1 is 1.42 bits per heavy atom. The molecule has 3 aromatic rings. The predicted molar refractivity (Wildman–Crippen MR) is 86.5 cm³/mol. The number of rotatable bonds is 5. The first-order valence-corrected chi connectivity index (χ1v) is 7.03. The topological polar surface area (TPSA) is 138 Å². The molecule has 0 saturated heterocycles. The molecule has 0 aliphatic rings. The van der Waals surface area contributed by atoms with Crippen molar-refractivity contribution >= 4 is 17.5 Å². The molecule has 3 N–H and O–H groups in total. The van der Waals surface area contributed by atoms with Gasteiger partial charge in [0.2, 0.25) is 11.8 Å². The first kappa shape index (κ1) is 15.3. The van der Waals surface area contributed by atoms with Gasteiger partial charge in [-0.2, -0.15) is 10.1 Å². The van der Waals surface area contributed by atoms with E-state index in [1.807, 2.05) is 31.2 Å². The highest BCUT2D eigenvalue weighted by Gasteiger charge is 2.15. The molecule has 0 spiro atoms. The molecule has 0 aliphatic carbocycles. The number of aromatic nitrogens is 5. The average Bonchev–Trinajstić information content (AvgIpc) is 3.09. The Morgan fingerprint density at radius 2 is 2.25 bits per heavy atom. The minimum Gasteiger partial charge on any atom is -0.378 e. The Hall–Kier alpha value is -3.56. The van der Waals surface area contributed by atoms with E-state index in [0.717, 1.165) is 17.4 Å². The maximum absolute atomic E-state index is 10.7. The van der Waals surface area contributed by atoms with Crippen LogP contribution in [0, 0.1) is 10.1 Å². The van der Waals surface area contributed by atoms with Gasteiger partial charge in [0.25, 0.3) is 0 Å². The molecule has 0 amide bonds. The molecule has 1 aromatic carbocycles. The highest BCUT2D eigenvalue weighted by atomic mass is 16.6. The van der Waals surface area contributed by atoms with Crippen LogP contribution in [0.5, 0.6) is 0 Å². The number of hydrogen-bond acceptors (Lipinski definition) is 8. The van der Waals surface area contributed by atoms with Gasteiger partial charge in [0.05, 0.1) is 16.7 Å². The van der Waals surface area contributed by atoms with Crippen LogP contribution in [-0.4, -0.2) is 29.7 Å². The molecule has 0 fully saturated rings. The molecule has 10 nitrogen and oxygen atoms in total. The lowest BCUT2D eigenvalue weighted by Crippen LogP contribution is -2.11. The van der Waals surface area contributed by atoms with E-state index in [1.165, 1.54) is 6.33 Å². The monoisotopic (exact) mass is 326 g/mol. The third-order valence-corrected chi connectivity index (χ3v) is 3.39. The number of nitrogen functional groups attached to an aromatic ring is 1. The third-order valence-electron chi connectivity index (χ3n) is 3.39. The molecule has 10 heteroatoms. The number of nitrogens with one attached hydrogen (secondary N) is 1. The first-order valence-electron chi connectivity index (χ1n) is 7.03. The van der Waals surface area contributed by atoms with E-state index in [2.05, 4.69) is 25.4 Å². The number of nitro groups is 1. The summed E-state index contributed by atoms with van der Waals surface area (Å²) in [6.07, 6.45) is 4.16. The Balaban J connectivity index is 1.80. The lowest BCUT2D eigenvalue weighted by molar-refractivity contribution is -0.384. The van der Waals surface area contributed by atoms with Crippen molar-refractivity contribution in [2.24, 2.45) is 0 Å². The minimum atomic E-state index is -0.621. The van der Waals surface area contributed by atoms with Crippen LogP contribution in [0.2, 0.25) is 0 Å². The molecule has 0 saturated carbocycles. The SMILES string of the molecule is C[C@H](Nc1ncc([N+](=O)[O-])c(N)n1)c1cccc(-n2cncn2)c1. The molecule has 3 rings (SSSR count). The van der Waals surface area contributed by atoms with E-state index < -0.39 is 4.92 Å². The van der Waals surface area contributed by atoms with Crippen molar-refractivity contribution in [2.45, 2.75) is 13.0 Å². The van der Waals surface area contributed by atoms with Gasteiger partial charge in [0.15, 0.2) is 0 Å². The summed E-state index contributed by atoms with van der Waals surface area (Å²) in [4.78, 5) is 21.9. The fourth-order valence-electron chi connectivity index (χ4n) is 2.15. The van der Waals surface area contributed by atoms with E-state index >= 15 is 0 Å². The van der Waals surface area contributed by atoms with Crippen molar-refractivity contribution in [1.29, 1.82) is 0 Å². The van der Waals surface area contributed by atoms with Crippen LogP contribution in [0.25, 0.3) is 5.69 Å². The second-order valence-electron chi connectivity index (χ2n) is 5.02. The second-order valence-corrected chi connectivity index (χ2v) is 5.02. The predicted octanol–water partition coefficient (Wildman–Crippen LogP) is 1.72. The standard InChI is InChI=1S/C14H14N8O2/c1-9(19-14-17-6-12(22(23)24)13(15)20-14)10-3-2-4-11(5-10)21-8-16-7-18-21/h2-9H,1H3,(H3,15,17,19,20)/t9-/m0/s1. The van der Waals surface area contributed by atoms with Crippen molar-refractivity contribution in [3.63, 3.8) is 0 Å². The fourth-order valence-corrected chi connectivity index (χ4v) is 2.15.